The Morgan fingerprint density at radius 3 is 2.43 bits per heavy atom. The van der Waals surface area contributed by atoms with Gasteiger partial charge in [-0.1, -0.05) is 0 Å². The molecule has 42 heavy (non-hydrogen) atoms. The van der Waals surface area contributed by atoms with Gasteiger partial charge in [0.1, 0.15) is 17.2 Å². The van der Waals surface area contributed by atoms with Crippen LogP contribution in [-0.4, -0.2) is 86.2 Å². The zero-order chi connectivity index (χ0) is 29.2. The summed E-state index contributed by atoms with van der Waals surface area (Å²) in [5, 5.41) is 16.0. The van der Waals surface area contributed by atoms with Crippen molar-refractivity contribution in [2.75, 3.05) is 50.5 Å². The Hall–Kier alpha value is -3.38. The van der Waals surface area contributed by atoms with E-state index in [2.05, 4.69) is 27.6 Å². The molecule has 226 valence electrons. The number of imidazole rings is 1. The zero-order valence-corrected chi connectivity index (χ0v) is 24.1. The van der Waals surface area contributed by atoms with E-state index in [4.69, 9.17) is 9.97 Å². The minimum atomic E-state index is -0.706. The Balaban J connectivity index is 1.24. The number of aliphatic hydroxyl groups excluding tert-OH is 1. The SMILES string of the molecule is CN1CCN(C(=O)C2CCC(n3c(Nc4ccc(F)cc4F)nc4cnc(NC5CCC(CO)CC5)nc43)CC2)CC1. The molecule has 0 unspecified atom stereocenters. The van der Waals surface area contributed by atoms with Gasteiger partial charge in [-0.3, -0.25) is 9.36 Å². The van der Waals surface area contributed by atoms with Gasteiger partial charge in [0.2, 0.25) is 17.8 Å². The number of fused-ring (bicyclic) bond motifs is 1. The summed E-state index contributed by atoms with van der Waals surface area (Å²) in [4.78, 5) is 31.6. The summed E-state index contributed by atoms with van der Waals surface area (Å²) in [5.41, 5.74) is 1.33. The van der Waals surface area contributed by atoms with Gasteiger partial charge >= 0.3 is 0 Å². The van der Waals surface area contributed by atoms with Crippen LogP contribution in [0.3, 0.4) is 0 Å². The molecule has 1 aliphatic heterocycles. The number of amides is 1. The van der Waals surface area contributed by atoms with E-state index in [9.17, 15) is 18.7 Å². The summed E-state index contributed by atoms with van der Waals surface area (Å²) in [7, 11) is 2.08. The molecule has 2 aromatic heterocycles. The molecule has 3 aliphatic rings. The number of benzene rings is 1. The number of rotatable bonds is 7. The number of piperazine rings is 1. The van der Waals surface area contributed by atoms with E-state index in [1.54, 1.807) is 6.20 Å². The van der Waals surface area contributed by atoms with Crippen LogP contribution in [-0.2, 0) is 4.79 Å². The van der Waals surface area contributed by atoms with Gasteiger partial charge < -0.3 is 25.5 Å². The van der Waals surface area contributed by atoms with Crippen LogP contribution in [0, 0.1) is 23.5 Å². The Kier molecular flexibility index (Phi) is 8.53. The molecule has 3 N–H and O–H groups in total. The highest BCUT2D eigenvalue weighted by molar-refractivity contribution is 5.79. The number of aromatic nitrogens is 4. The maximum Gasteiger partial charge on any atom is 0.225 e. The standard InChI is InChI=1S/C30H40F2N8O2/c1-38-12-14-39(15-13-38)28(42)20-4-9-23(10-5-20)40-27-26(36-30(40)35-25-11-6-21(31)16-24(25)32)17-33-29(37-27)34-22-7-2-19(18-41)3-8-22/h6,11,16-17,19-20,22-23,41H,2-5,7-10,12-15,18H2,1H3,(H,35,36)(H,33,34,37). The topological polar surface area (TPSA) is 111 Å². The molecular formula is C30H40F2N8O2. The number of nitrogens with zero attached hydrogens (tertiary/aromatic N) is 6. The number of hydrogen-bond donors (Lipinski definition) is 3. The van der Waals surface area contributed by atoms with E-state index in [1.807, 2.05) is 9.47 Å². The second-order valence-corrected chi connectivity index (χ2v) is 12.1. The summed E-state index contributed by atoms with van der Waals surface area (Å²) in [6, 6.07) is 3.64. The molecule has 0 atom stereocenters. The monoisotopic (exact) mass is 582 g/mol. The largest absolute Gasteiger partial charge is 0.396 e. The van der Waals surface area contributed by atoms with Crippen LogP contribution >= 0.6 is 0 Å². The van der Waals surface area contributed by atoms with Crippen molar-refractivity contribution in [3.05, 3.63) is 36.0 Å². The van der Waals surface area contributed by atoms with Gasteiger partial charge in [0, 0.05) is 56.9 Å². The van der Waals surface area contributed by atoms with Gasteiger partial charge in [-0.2, -0.15) is 4.98 Å². The number of carbonyl (C=O) groups is 1. The van der Waals surface area contributed by atoms with Crippen molar-refractivity contribution in [3.63, 3.8) is 0 Å². The van der Waals surface area contributed by atoms with Crippen LogP contribution in [0.25, 0.3) is 11.2 Å². The Labute approximate surface area is 244 Å². The van der Waals surface area contributed by atoms with Crippen molar-refractivity contribution >= 4 is 34.7 Å². The van der Waals surface area contributed by atoms with E-state index < -0.39 is 11.6 Å². The summed E-state index contributed by atoms with van der Waals surface area (Å²) in [6.45, 7) is 3.56. The quantitative estimate of drug-likeness (QED) is 0.378. The van der Waals surface area contributed by atoms with Crippen molar-refractivity contribution in [2.24, 2.45) is 11.8 Å². The maximum absolute atomic E-state index is 14.6. The third-order valence-corrected chi connectivity index (χ3v) is 9.27. The maximum atomic E-state index is 14.6. The van der Waals surface area contributed by atoms with Gasteiger partial charge in [-0.05, 0) is 76.5 Å². The average molecular weight is 583 g/mol. The minimum Gasteiger partial charge on any atom is -0.396 e. The summed E-state index contributed by atoms with van der Waals surface area (Å²) in [5.74, 6) is 0.159. The van der Waals surface area contributed by atoms with Crippen molar-refractivity contribution < 1.29 is 18.7 Å². The Morgan fingerprint density at radius 1 is 1.00 bits per heavy atom. The first-order valence-corrected chi connectivity index (χ1v) is 15.2. The number of aliphatic hydroxyl groups is 1. The number of hydrogen-bond acceptors (Lipinski definition) is 8. The molecule has 2 saturated carbocycles. The van der Waals surface area contributed by atoms with Crippen LogP contribution < -0.4 is 10.6 Å². The lowest BCUT2D eigenvalue weighted by atomic mass is 9.85. The third kappa shape index (κ3) is 6.19. The van der Waals surface area contributed by atoms with Gasteiger partial charge in [0.05, 0.1) is 11.9 Å². The summed E-state index contributed by atoms with van der Waals surface area (Å²) < 4.78 is 30.2. The molecule has 2 aliphatic carbocycles. The highest BCUT2D eigenvalue weighted by Crippen LogP contribution is 2.38. The van der Waals surface area contributed by atoms with Gasteiger partial charge in [0.25, 0.3) is 0 Å². The smallest absolute Gasteiger partial charge is 0.225 e. The lowest BCUT2D eigenvalue weighted by Crippen LogP contribution is -2.49. The van der Waals surface area contributed by atoms with Crippen LogP contribution in [0.5, 0.6) is 0 Å². The molecule has 1 saturated heterocycles. The van der Waals surface area contributed by atoms with Crippen molar-refractivity contribution in [2.45, 2.75) is 63.5 Å². The second-order valence-electron chi connectivity index (χ2n) is 12.1. The van der Waals surface area contributed by atoms with Gasteiger partial charge in [0.15, 0.2) is 5.65 Å². The number of carbonyl (C=O) groups excluding carboxylic acids is 1. The molecule has 10 nitrogen and oxygen atoms in total. The molecule has 3 aromatic rings. The first kappa shape index (κ1) is 28.7. The molecule has 0 bridgehead atoms. The fourth-order valence-corrected chi connectivity index (χ4v) is 6.64. The third-order valence-electron chi connectivity index (χ3n) is 9.27. The number of halogens is 2. The molecular weight excluding hydrogens is 542 g/mol. The lowest BCUT2D eigenvalue weighted by molar-refractivity contribution is -0.138. The van der Waals surface area contributed by atoms with E-state index in [1.165, 1.54) is 12.1 Å². The highest BCUT2D eigenvalue weighted by Gasteiger charge is 2.33. The predicted molar refractivity (Wildman–Crippen MR) is 156 cm³/mol. The molecule has 0 spiro atoms. The average Bonchev–Trinajstić information content (AvgIpc) is 3.36. The van der Waals surface area contributed by atoms with E-state index >= 15 is 0 Å². The zero-order valence-electron chi connectivity index (χ0n) is 24.1. The van der Waals surface area contributed by atoms with Crippen molar-refractivity contribution in [1.82, 2.24) is 29.3 Å². The molecule has 6 rings (SSSR count). The lowest BCUT2D eigenvalue weighted by Gasteiger charge is -2.37. The van der Waals surface area contributed by atoms with Crippen molar-refractivity contribution in [3.8, 4) is 0 Å². The fraction of sp³-hybridized carbons (Fsp3) is 0.600. The number of anilines is 3. The minimum absolute atomic E-state index is 0.000270. The number of likely N-dealkylation sites (N-methyl/N-ethyl adjacent to an activating group) is 1. The Morgan fingerprint density at radius 2 is 1.74 bits per heavy atom. The van der Waals surface area contributed by atoms with Gasteiger partial charge in [-0.15, -0.1) is 0 Å². The highest BCUT2D eigenvalue weighted by atomic mass is 19.1. The Bertz CT molecular complexity index is 1390. The van der Waals surface area contributed by atoms with Crippen LogP contribution in [0.15, 0.2) is 24.4 Å². The van der Waals surface area contributed by atoms with Crippen LogP contribution in [0.4, 0.5) is 26.4 Å². The van der Waals surface area contributed by atoms with Gasteiger partial charge in [-0.25, -0.2) is 18.7 Å². The van der Waals surface area contributed by atoms with E-state index in [0.29, 0.717) is 29.0 Å². The molecule has 3 heterocycles. The van der Waals surface area contributed by atoms with Crippen LogP contribution in [0.2, 0.25) is 0 Å². The first-order chi connectivity index (χ1) is 20.4. The number of nitrogens with one attached hydrogen (secondary N) is 2. The molecule has 1 amide bonds. The molecule has 0 radical (unpaired) electrons. The molecule has 12 heteroatoms. The fourth-order valence-electron chi connectivity index (χ4n) is 6.64. The van der Waals surface area contributed by atoms with E-state index in [0.717, 1.165) is 83.6 Å². The van der Waals surface area contributed by atoms with E-state index in [-0.39, 0.29) is 36.2 Å². The predicted octanol–water partition coefficient (Wildman–Crippen LogP) is 4.32. The molecule has 1 aromatic carbocycles. The summed E-state index contributed by atoms with van der Waals surface area (Å²) >= 11 is 0. The molecule has 3 fully saturated rings. The second kappa shape index (κ2) is 12.5. The van der Waals surface area contributed by atoms with Crippen molar-refractivity contribution in [1.29, 1.82) is 0 Å². The van der Waals surface area contributed by atoms with Crippen LogP contribution in [0.1, 0.15) is 57.4 Å². The first-order valence-electron chi connectivity index (χ1n) is 15.2. The normalized spacial score (nSPS) is 25.5. The summed E-state index contributed by atoms with van der Waals surface area (Å²) in [6.07, 6.45) is 8.50.